The Morgan fingerprint density at radius 1 is 1.03 bits per heavy atom. The summed E-state index contributed by atoms with van der Waals surface area (Å²) in [7, 11) is 5.32. The smallest absolute Gasteiger partial charge is 0.324 e. The molecule has 7 rings (SSSR count). The van der Waals surface area contributed by atoms with Crippen LogP contribution in [0, 0.1) is 28.6 Å². The largest absolute Gasteiger partial charge is 0.508 e. The lowest BCUT2D eigenvalue weighted by Crippen LogP contribution is -2.62. The maximum absolute atomic E-state index is 14.8. The summed E-state index contributed by atoms with van der Waals surface area (Å²) < 4.78 is 8.41. The van der Waals surface area contributed by atoms with Crippen LogP contribution < -0.4 is 10.7 Å². The summed E-state index contributed by atoms with van der Waals surface area (Å²) in [5.41, 5.74) is 8.71. The molecule has 3 aliphatic rings. The molecule has 3 aliphatic heterocycles. The van der Waals surface area contributed by atoms with Crippen molar-refractivity contribution in [3.05, 3.63) is 65.7 Å². The van der Waals surface area contributed by atoms with E-state index >= 15 is 0 Å². The van der Waals surface area contributed by atoms with Gasteiger partial charge in [-0.15, -0.1) is 0 Å². The van der Waals surface area contributed by atoms with E-state index in [1.807, 2.05) is 51.2 Å². The van der Waals surface area contributed by atoms with E-state index in [1.165, 1.54) is 9.91 Å². The molecular formula is C54H71N9O7. The fourth-order valence-electron chi connectivity index (χ4n) is 10.4. The zero-order chi connectivity index (χ0) is 50.8. The van der Waals surface area contributed by atoms with Gasteiger partial charge in [-0.05, 0) is 118 Å². The van der Waals surface area contributed by atoms with E-state index in [0.29, 0.717) is 56.4 Å². The number of esters is 1. The van der Waals surface area contributed by atoms with Gasteiger partial charge in [0.1, 0.15) is 30.2 Å². The number of phenols is 1. The average Bonchev–Trinajstić information content (AvgIpc) is 3.86. The van der Waals surface area contributed by atoms with Crippen LogP contribution in [0.1, 0.15) is 97.4 Å². The van der Waals surface area contributed by atoms with Crippen LogP contribution in [-0.2, 0) is 48.1 Å². The summed E-state index contributed by atoms with van der Waals surface area (Å²) in [6, 6.07) is 8.47. The number of likely N-dealkylation sites (tertiary alicyclic amines) is 1. The minimum Gasteiger partial charge on any atom is -0.508 e. The topological polar surface area (TPSA) is 183 Å². The van der Waals surface area contributed by atoms with E-state index in [-0.39, 0.29) is 55.5 Å². The number of phenolic OH excluding ortho intramolecular Hbond substituents is 1. The van der Waals surface area contributed by atoms with Gasteiger partial charge >= 0.3 is 5.97 Å². The van der Waals surface area contributed by atoms with Crippen LogP contribution in [0.4, 0.5) is 0 Å². The first kappa shape index (κ1) is 51.5. The maximum Gasteiger partial charge on any atom is 0.324 e. The lowest BCUT2D eigenvalue weighted by atomic mass is 9.84. The Hall–Kier alpha value is -6.31. The summed E-state index contributed by atoms with van der Waals surface area (Å²) in [4.78, 5) is 85.0. The minimum absolute atomic E-state index is 0.0129. The molecule has 3 N–H and O–H groups in total. The maximum atomic E-state index is 14.8. The number of hydrogen-bond acceptors (Lipinski definition) is 11. The molecule has 5 heterocycles. The van der Waals surface area contributed by atoms with E-state index in [2.05, 4.69) is 78.9 Å². The molecule has 4 amide bonds. The number of ether oxygens (including phenoxy) is 1. The molecule has 0 saturated carbocycles. The number of amides is 4. The van der Waals surface area contributed by atoms with Crippen molar-refractivity contribution >= 4 is 40.5 Å². The molecule has 0 spiro atoms. The highest BCUT2D eigenvalue weighted by Gasteiger charge is 2.46. The molecule has 2 aromatic heterocycles. The fourth-order valence-corrected chi connectivity index (χ4v) is 10.4. The summed E-state index contributed by atoms with van der Waals surface area (Å²) >= 11 is 0. The van der Waals surface area contributed by atoms with E-state index < -0.39 is 46.7 Å². The Kier molecular flexibility index (Phi) is 15.4. The number of benzene rings is 2. The highest BCUT2D eigenvalue weighted by atomic mass is 16.5. The lowest BCUT2D eigenvalue weighted by Gasteiger charge is -2.38. The monoisotopic (exact) mass is 958 g/mol. The van der Waals surface area contributed by atoms with Gasteiger partial charge in [-0.25, -0.2) is 15.4 Å². The number of fused-ring (bicyclic) bond motifs is 6. The molecule has 2 saturated heterocycles. The number of likely N-dealkylation sites (N-methyl/N-ethyl adjacent to an activating group) is 1. The highest BCUT2D eigenvalue weighted by Crippen LogP contribution is 2.42. The van der Waals surface area contributed by atoms with E-state index in [4.69, 9.17) is 9.72 Å². The number of nitrogens with one attached hydrogen (secondary N) is 2. The number of rotatable bonds is 9. The molecule has 1 unspecified atom stereocenters. The van der Waals surface area contributed by atoms with Crippen molar-refractivity contribution in [3.8, 4) is 40.0 Å². The Balaban J connectivity index is 1.27. The second-order valence-corrected chi connectivity index (χ2v) is 21.4. The average molecular weight is 958 g/mol. The molecule has 374 valence electrons. The zero-order valence-electron chi connectivity index (χ0n) is 42.8. The lowest BCUT2D eigenvalue weighted by molar-refractivity contribution is -0.155. The van der Waals surface area contributed by atoms with Gasteiger partial charge in [-0.1, -0.05) is 59.6 Å². The van der Waals surface area contributed by atoms with Crippen molar-refractivity contribution in [2.45, 2.75) is 118 Å². The number of hydrogen-bond donors (Lipinski definition) is 3. The molecule has 2 aromatic carbocycles. The molecule has 16 heteroatoms. The van der Waals surface area contributed by atoms with Gasteiger partial charge < -0.3 is 29.5 Å². The van der Waals surface area contributed by atoms with Gasteiger partial charge in [0.25, 0.3) is 11.8 Å². The van der Waals surface area contributed by atoms with Crippen LogP contribution in [0.2, 0.25) is 0 Å². The van der Waals surface area contributed by atoms with Crippen molar-refractivity contribution in [3.63, 3.8) is 0 Å². The van der Waals surface area contributed by atoms with Gasteiger partial charge in [0.15, 0.2) is 0 Å². The zero-order valence-corrected chi connectivity index (χ0v) is 42.8. The Morgan fingerprint density at radius 3 is 2.49 bits per heavy atom. The SMILES string of the molecule is CCn1c(-c2cncnc2C(C)C)c2c3cc(ccc31)-c1cc(O)cc(c1)C[C@H](NC(=O)[C@H](C(C)C)N(C)C(=O)C1(C)CCN(C(=O)C#CCN(C)C)C1)C(=O)N1CCC[C@H](N1)C(=O)OCC(C)(C)C2. The van der Waals surface area contributed by atoms with Gasteiger partial charge in [-0.2, -0.15) is 0 Å². The summed E-state index contributed by atoms with van der Waals surface area (Å²) in [5.74, 6) is 3.14. The third-order valence-corrected chi connectivity index (χ3v) is 13.9. The van der Waals surface area contributed by atoms with Gasteiger partial charge in [0, 0.05) is 67.7 Å². The van der Waals surface area contributed by atoms with Crippen molar-refractivity contribution in [1.82, 2.24) is 45.0 Å². The normalized spacial score (nSPS) is 21.1. The van der Waals surface area contributed by atoms with Crippen LogP contribution >= 0.6 is 0 Å². The van der Waals surface area contributed by atoms with Crippen molar-refractivity contribution in [1.29, 1.82) is 0 Å². The van der Waals surface area contributed by atoms with Crippen molar-refractivity contribution < 1.29 is 33.8 Å². The third-order valence-electron chi connectivity index (χ3n) is 13.9. The number of aryl methyl sites for hydroxylation is 1. The predicted molar refractivity (Wildman–Crippen MR) is 269 cm³/mol. The first-order valence-electron chi connectivity index (χ1n) is 24.6. The molecule has 70 heavy (non-hydrogen) atoms. The van der Waals surface area contributed by atoms with Crippen LogP contribution in [0.15, 0.2) is 48.9 Å². The molecule has 4 atom stereocenters. The molecule has 0 aliphatic carbocycles. The molecule has 6 bridgehead atoms. The first-order valence-corrected chi connectivity index (χ1v) is 24.6. The Labute approximate surface area is 412 Å². The Morgan fingerprint density at radius 2 is 1.79 bits per heavy atom. The van der Waals surface area contributed by atoms with Crippen LogP contribution in [0.5, 0.6) is 5.75 Å². The third kappa shape index (κ3) is 11.0. The van der Waals surface area contributed by atoms with Crippen molar-refractivity contribution in [2.24, 2.45) is 16.7 Å². The molecule has 16 nitrogen and oxygen atoms in total. The summed E-state index contributed by atoms with van der Waals surface area (Å²) in [5, 5.41) is 16.8. The Bertz CT molecular complexity index is 2720. The summed E-state index contributed by atoms with van der Waals surface area (Å²) in [6.45, 7) is 18.0. The van der Waals surface area contributed by atoms with Gasteiger partial charge in [0.2, 0.25) is 11.8 Å². The first-order chi connectivity index (χ1) is 33.1. The number of carbonyl (C=O) groups excluding carboxylic acids is 5. The number of aromatic hydroxyl groups is 1. The molecule has 4 aromatic rings. The second-order valence-electron chi connectivity index (χ2n) is 21.4. The fraction of sp³-hybridized carbons (Fsp3) is 0.537. The number of carbonyl (C=O) groups is 5. The summed E-state index contributed by atoms with van der Waals surface area (Å²) in [6.07, 6.45) is 5.33. The van der Waals surface area contributed by atoms with Gasteiger partial charge in [0.05, 0.1) is 30.0 Å². The van der Waals surface area contributed by atoms with E-state index in [1.54, 1.807) is 37.3 Å². The number of cyclic esters (lactones) is 1. The molecule has 0 radical (unpaired) electrons. The van der Waals surface area contributed by atoms with E-state index in [0.717, 1.165) is 39.0 Å². The number of aromatic nitrogens is 3. The second kappa shape index (κ2) is 21.0. The number of nitrogens with zero attached hydrogens (tertiary/aromatic N) is 7. The quantitative estimate of drug-likeness (QED) is 0.141. The van der Waals surface area contributed by atoms with Gasteiger partial charge in [-0.3, -0.25) is 33.9 Å². The number of hydrazine groups is 1. The standard InChI is InChI=1S/C54H71N9O7/c1-12-62-44-18-17-36-27-39(44)40(48(62)41-29-55-32-56-46(41)33(2)3)28-53(6,7)31-70-51(68)42-15-13-21-63(58-42)50(67)43(25-35-23-37(36)26-38(64)24-35)57-49(66)47(34(4)5)60(11)52(69)54(8)19-22-61(30-54)45(65)16-14-20-59(9)10/h17-18,23-24,26-27,29,32-34,42-43,47,58,64H,12-13,15,19-22,25,28,30-31H2,1-11H3,(H,57,66)/t42-,43-,47-,54?/m0/s1. The minimum atomic E-state index is -1.18. The highest BCUT2D eigenvalue weighted by molar-refractivity contribution is 5.97. The molecule has 2 fully saturated rings. The molecular weight excluding hydrogens is 887 g/mol. The van der Waals surface area contributed by atoms with Crippen LogP contribution in [-0.4, -0.2) is 141 Å². The van der Waals surface area contributed by atoms with E-state index in [9.17, 15) is 29.1 Å². The van der Waals surface area contributed by atoms with Crippen molar-refractivity contribution in [2.75, 3.05) is 53.9 Å². The predicted octanol–water partition coefficient (Wildman–Crippen LogP) is 5.55. The van der Waals surface area contributed by atoms with Crippen LogP contribution in [0.3, 0.4) is 0 Å². The van der Waals surface area contributed by atoms with Crippen LogP contribution in [0.25, 0.3) is 33.3 Å².